The summed E-state index contributed by atoms with van der Waals surface area (Å²) in [5.41, 5.74) is 0.283. The fourth-order valence-corrected chi connectivity index (χ4v) is 1.48. The van der Waals surface area contributed by atoms with E-state index >= 15 is 0 Å². The predicted octanol–water partition coefficient (Wildman–Crippen LogP) is 0.277. The van der Waals surface area contributed by atoms with Crippen LogP contribution in [0.4, 0.5) is 0 Å². The van der Waals surface area contributed by atoms with Gasteiger partial charge in [0, 0.05) is 6.54 Å². The zero-order chi connectivity index (χ0) is 10.3. The van der Waals surface area contributed by atoms with Crippen molar-refractivity contribution in [2.75, 3.05) is 0 Å². The summed E-state index contributed by atoms with van der Waals surface area (Å²) in [6.45, 7) is 4.08. The van der Waals surface area contributed by atoms with Crippen LogP contribution in [0.25, 0.3) is 5.78 Å². The highest BCUT2D eigenvalue weighted by Crippen LogP contribution is 1.96. The molecule has 0 atom stereocenters. The normalized spacial score (nSPS) is 11.0. The molecule has 0 aliphatic carbocycles. The van der Waals surface area contributed by atoms with Crippen LogP contribution in [-0.4, -0.2) is 24.4 Å². The largest absolute Gasteiger partial charge is 0.276 e. The summed E-state index contributed by atoms with van der Waals surface area (Å²) in [7, 11) is 0. The van der Waals surface area contributed by atoms with Gasteiger partial charge in [-0.3, -0.25) is 9.36 Å². The molecule has 0 radical (unpaired) electrons. The van der Waals surface area contributed by atoms with Crippen molar-refractivity contribution in [3.8, 4) is 0 Å². The average Bonchev–Trinajstić information content (AvgIpc) is 2.51. The van der Waals surface area contributed by atoms with Crippen molar-refractivity contribution in [2.45, 2.75) is 20.4 Å². The zero-order valence-corrected chi connectivity index (χ0v) is 8.63. The maximum absolute atomic E-state index is 11.6. The minimum absolute atomic E-state index is 0.131. The van der Waals surface area contributed by atoms with Crippen LogP contribution in [0.5, 0.6) is 0 Å². The summed E-state index contributed by atoms with van der Waals surface area (Å²) < 4.78 is 3.37. The molecule has 1 N–H and O–H groups in total. The van der Waals surface area contributed by atoms with Crippen LogP contribution < -0.4 is 5.56 Å². The van der Waals surface area contributed by atoms with Gasteiger partial charge < -0.3 is 0 Å². The number of nitrogens with one attached hydrogen (secondary N) is 1. The number of nitrogens with zero attached hydrogens (tertiary/aromatic N) is 4. The van der Waals surface area contributed by atoms with Crippen LogP contribution >= 0.6 is 12.2 Å². The quantitative estimate of drug-likeness (QED) is 0.688. The maximum atomic E-state index is 11.6. The SMILES string of the molecule is CCn1c(=O)c(C)nn2c(=S)[nH]nc12. The van der Waals surface area contributed by atoms with Crippen LogP contribution in [0.2, 0.25) is 0 Å². The Morgan fingerprint density at radius 1 is 1.57 bits per heavy atom. The predicted molar refractivity (Wildman–Crippen MR) is 52.8 cm³/mol. The molecule has 6 nitrogen and oxygen atoms in total. The lowest BCUT2D eigenvalue weighted by molar-refractivity contribution is 0.679. The first-order valence-corrected chi connectivity index (χ1v) is 4.61. The van der Waals surface area contributed by atoms with Crippen molar-refractivity contribution in [3.05, 3.63) is 20.8 Å². The van der Waals surface area contributed by atoms with Crippen LogP contribution in [0.3, 0.4) is 0 Å². The molecule has 2 aromatic rings. The molecule has 2 aromatic heterocycles. The van der Waals surface area contributed by atoms with Gasteiger partial charge in [0.1, 0.15) is 5.69 Å². The summed E-state index contributed by atoms with van der Waals surface area (Å²) in [6, 6.07) is 0. The maximum Gasteiger partial charge on any atom is 0.276 e. The molecule has 0 saturated heterocycles. The zero-order valence-electron chi connectivity index (χ0n) is 7.81. The molecule has 0 amide bonds. The van der Waals surface area contributed by atoms with Crippen molar-refractivity contribution < 1.29 is 0 Å². The van der Waals surface area contributed by atoms with Gasteiger partial charge in [-0.05, 0) is 26.1 Å². The Bertz CT molecular complexity index is 592. The number of aryl methyl sites for hydroxylation is 2. The minimum Gasteiger partial charge on any atom is -0.274 e. The molecule has 0 unspecified atom stereocenters. The van der Waals surface area contributed by atoms with Gasteiger partial charge in [-0.2, -0.15) is 9.61 Å². The van der Waals surface area contributed by atoms with Crippen molar-refractivity contribution in [1.82, 2.24) is 24.4 Å². The topological polar surface area (TPSA) is 68.0 Å². The standard InChI is InChI=1S/C7H9N5OS/c1-3-11-5(13)4(2)10-12-6(11)8-9-7(12)14/h3H2,1-2H3,(H,9,14). The number of hydrogen-bond donors (Lipinski definition) is 1. The Kier molecular flexibility index (Phi) is 1.95. The molecule has 0 aliphatic heterocycles. The van der Waals surface area contributed by atoms with E-state index < -0.39 is 0 Å². The fraction of sp³-hybridized carbons (Fsp3) is 0.429. The molecule has 7 heteroatoms. The number of H-pyrrole nitrogens is 1. The smallest absolute Gasteiger partial charge is 0.274 e. The molecular formula is C7H9N5OS. The van der Waals surface area contributed by atoms with Crippen LogP contribution in [-0.2, 0) is 6.54 Å². The van der Waals surface area contributed by atoms with Gasteiger partial charge >= 0.3 is 0 Å². The van der Waals surface area contributed by atoms with E-state index in [1.54, 1.807) is 6.92 Å². The van der Waals surface area contributed by atoms with E-state index in [9.17, 15) is 4.79 Å². The van der Waals surface area contributed by atoms with Crippen LogP contribution in [0, 0.1) is 11.7 Å². The summed E-state index contributed by atoms with van der Waals surface area (Å²) in [5.74, 6) is 0.452. The first-order chi connectivity index (χ1) is 6.65. The minimum atomic E-state index is -0.131. The molecule has 0 aromatic carbocycles. The van der Waals surface area contributed by atoms with Gasteiger partial charge in [0.15, 0.2) is 0 Å². The molecule has 0 bridgehead atoms. The second-order valence-electron chi connectivity index (χ2n) is 2.88. The Hall–Kier alpha value is -1.50. The number of aromatic nitrogens is 5. The second-order valence-corrected chi connectivity index (χ2v) is 3.26. The monoisotopic (exact) mass is 211 g/mol. The van der Waals surface area contributed by atoms with Crippen molar-refractivity contribution in [3.63, 3.8) is 0 Å². The summed E-state index contributed by atoms with van der Waals surface area (Å²) in [4.78, 5) is 11.6. The Morgan fingerprint density at radius 3 is 2.93 bits per heavy atom. The van der Waals surface area contributed by atoms with E-state index in [4.69, 9.17) is 12.2 Å². The highest BCUT2D eigenvalue weighted by atomic mass is 32.1. The third-order valence-corrected chi connectivity index (χ3v) is 2.26. The number of rotatable bonds is 1. The lowest BCUT2D eigenvalue weighted by atomic mass is 10.5. The van der Waals surface area contributed by atoms with E-state index in [1.807, 2.05) is 6.92 Å². The molecule has 0 spiro atoms. The highest BCUT2D eigenvalue weighted by Gasteiger charge is 2.08. The Balaban J connectivity index is 3.06. The summed E-state index contributed by atoms with van der Waals surface area (Å²) in [6.07, 6.45) is 0. The van der Waals surface area contributed by atoms with Crippen LogP contribution in [0.15, 0.2) is 4.79 Å². The summed E-state index contributed by atoms with van der Waals surface area (Å²) in [5, 5.41) is 10.6. The number of hydrogen-bond acceptors (Lipinski definition) is 4. The van der Waals surface area contributed by atoms with Gasteiger partial charge in [0.25, 0.3) is 11.3 Å². The lowest BCUT2D eigenvalue weighted by Gasteiger charge is -2.03. The number of aromatic amines is 1. The van der Waals surface area contributed by atoms with Crippen LogP contribution in [0.1, 0.15) is 12.6 Å². The van der Waals surface area contributed by atoms with Gasteiger partial charge in [0.2, 0.25) is 4.77 Å². The second kappa shape index (κ2) is 3.02. The van der Waals surface area contributed by atoms with Crippen molar-refractivity contribution in [2.24, 2.45) is 0 Å². The molecule has 0 fully saturated rings. The van der Waals surface area contributed by atoms with Gasteiger partial charge in [-0.25, -0.2) is 5.10 Å². The third-order valence-electron chi connectivity index (χ3n) is 2.00. The molecule has 0 saturated carbocycles. The van der Waals surface area contributed by atoms with E-state index in [-0.39, 0.29) is 5.56 Å². The molecule has 74 valence electrons. The fourth-order valence-electron chi connectivity index (χ4n) is 1.31. The molecule has 0 aliphatic rings. The van der Waals surface area contributed by atoms with Gasteiger partial charge in [-0.1, -0.05) is 0 Å². The molecular weight excluding hydrogens is 202 g/mol. The van der Waals surface area contributed by atoms with E-state index in [1.165, 1.54) is 9.08 Å². The van der Waals surface area contributed by atoms with E-state index in [0.29, 0.717) is 22.8 Å². The van der Waals surface area contributed by atoms with Gasteiger partial charge in [0.05, 0.1) is 0 Å². The lowest BCUT2D eigenvalue weighted by Crippen LogP contribution is -2.26. The van der Waals surface area contributed by atoms with E-state index in [2.05, 4.69) is 15.3 Å². The molecule has 14 heavy (non-hydrogen) atoms. The van der Waals surface area contributed by atoms with Gasteiger partial charge in [-0.15, -0.1) is 5.10 Å². The van der Waals surface area contributed by atoms with Crippen molar-refractivity contribution in [1.29, 1.82) is 0 Å². The molecule has 2 rings (SSSR count). The number of fused-ring (bicyclic) bond motifs is 1. The van der Waals surface area contributed by atoms with E-state index in [0.717, 1.165) is 0 Å². The highest BCUT2D eigenvalue weighted by molar-refractivity contribution is 7.71. The Labute approximate surface area is 84.2 Å². The average molecular weight is 211 g/mol. The Morgan fingerprint density at radius 2 is 2.29 bits per heavy atom. The van der Waals surface area contributed by atoms with Crippen molar-refractivity contribution >= 4 is 18.0 Å². The summed E-state index contributed by atoms with van der Waals surface area (Å²) >= 11 is 4.96. The first kappa shape index (κ1) is 9.07. The first-order valence-electron chi connectivity index (χ1n) is 4.20. The molecule has 2 heterocycles. The third kappa shape index (κ3) is 1.09.